The van der Waals surface area contributed by atoms with Crippen LogP contribution in [-0.2, 0) is 49.6 Å². The van der Waals surface area contributed by atoms with Gasteiger partial charge in [0.15, 0.2) is 0 Å². The SMILES string of the molecule is CC[C@@H](C)C([C@H](CC(=O)N1CCC[C@@H]1[C@@H](OC)[C@H](C)C(=O)N[C@@H](C)[C@H](O)c1ccccc1)OC)N(C)C(=O)[C@@H](NC(=O)[C@@H](C(C)C)N(C)C(=O)OCc1ccc(NC(=O)[C@@H](CCCNC(N)=O)NC(=O)[C@H](C)C(C)C)cc1)C(C)C. The number of hydrogen-bond acceptors (Lipinski definition) is 12. The Morgan fingerprint density at radius 1 is 0.750 bits per heavy atom. The van der Waals surface area contributed by atoms with Crippen molar-refractivity contribution in [2.75, 3.05) is 46.7 Å². The first-order valence-corrected chi connectivity index (χ1v) is 28.3. The summed E-state index contributed by atoms with van der Waals surface area (Å²) in [6.45, 7) is 20.8. The van der Waals surface area contributed by atoms with Crippen LogP contribution in [0.25, 0.3) is 0 Å². The van der Waals surface area contributed by atoms with Gasteiger partial charge in [0.05, 0.1) is 48.8 Å². The molecule has 0 saturated carbocycles. The van der Waals surface area contributed by atoms with Crippen LogP contribution < -0.4 is 32.3 Å². The number of hydrogen-bond donors (Lipinski definition) is 7. The molecule has 9 amide bonds. The highest BCUT2D eigenvalue weighted by Crippen LogP contribution is 2.30. The van der Waals surface area contributed by atoms with E-state index in [0.717, 1.165) is 0 Å². The van der Waals surface area contributed by atoms with Crippen LogP contribution in [0.15, 0.2) is 54.6 Å². The molecule has 1 aliphatic heterocycles. The molecule has 2 aromatic rings. The maximum absolute atomic E-state index is 14.7. The number of nitrogens with two attached hydrogens (primary N) is 1. The van der Waals surface area contributed by atoms with Gasteiger partial charge in [0, 0.05) is 53.0 Å². The summed E-state index contributed by atoms with van der Waals surface area (Å²) in [6, 6.07) is 10.4. The molecule has 448 valence electrons. The summed E-state index contributed by atoms with van der Waals surface area (Å²) in [7, 11) is 6.14. The Bertz CT molecular complexity index is 2320. The molecule has 0 bridgehead atoms. The van der Waals surface area contributed by atoms with Gasteiger partial charge in [-0.2, -0.15) is 0 Å². The summed E-state index contributed by atoms with van der Waals surface area (Å²) < 4.78 is 17.7. The van der Waals surface area contributed by atoms with Crippen molar-refractivity contribution in [2.45, 2.75) is 176 Å². The van der Waals surface area contributed by atoms with Crippen molar-refractivity contribution in [3.8, 4) is 0 Å². The third kappa shape index (κ3) is 19.5. The van der Waals surface area contributed by atoms with E-state index in [1.165, 1.54) is 26.2 Å². The second-order valence-electron chi connectivity index (χ2n) is 22.5. The van der Waals surface area contributed by atoms with Crippen LogP contribution in [0.3, 0.4) is 0 Å². The largest absolute Gasteiger partial charge is 0.445 e. The van der Waals surface area contributed by atoms with Gasteiger partial charge in [0.1, 0.15) is 24.7 Å². The Labute approximate surface area is 474 Å². The smallest absolute Gasteiger partial charge is 0.410 e. The highest BCUT2D eigenvalue weighted by atomic mass is 16.6. The summed E-state index contributed by atoms with van der Waals surface area (Å²) in [5, 5.41) is 25.0. The van der Waals surface area contributed by atoms with Gasteiger partial charge in [-0.25, -0.2) is 9.59 Å². The minimum absolute atomic E-state index is 0.0484. The summed E-state index contributed by atoms with van der Waals surface area (Å²) in [5.74, 6) is -4.12. The lowest BCUT2D eigenvalue weighted by Gasteiger charge is -2.41. The quantitative estimate of drug-likeness (QED) is 0.0445. The number of anilines is 1. The van der Waals surface area contributed by atoms with Crippen molar-refractivity contribution in [1.82, 2.24) is 36.0 Å². The molecule has 0 spiro atoms. The molecule has 21 nitrogen and oxygen atoms in total. The third-order valence-corrected chi connectivity index (χ3v) is 15.7. The van der Waals surface area contributed by atoms with Gasteiger partial charge in [-0.1, -0.05) is 118 Å². The third-order valence-electron chi connectivity index (χ3n) is 15.7. The summed E-state index contributed by atoms with van der Waals surface area (Å²) >= 11 is 0. The molecule has 0 aromatic heterocycles. The molecule has 12 atom stereocenters. The van der Waals surface area contributed by atoms with Crippen molar-refractivity contribution in [1.29, 1.82) is 0 Å². The average molecular weight is 1120 g/mol. The van der Waals surface area contributed by atoms with Crippen molar-refractivity contribution in [3.05, 3.63) is 65.7 Å². The van der Waals surface area contributed by atoms with E-state index in [-0.39, 0.29) is 61.5 Å². The monoisotopic (exact) mass is 1120 g/mol. The van der Waals surface area contributed by atoms with E-state index in [0.29, 0.717) is 49.0 Å². The number of carbonyl (C=O) groups excluding carboxylic acids is 8. The maximum atomic E-state index is 14.7. The minimum Gasteiger partial charge on any atom is -0.445 e. The number of likely N-dealkylation sites (tertiary alicyclic amines) is 1. The Kier molecular flexibility index (Phi) is 27.9. The lowest BCUT2D eigenvalue weighted by atomic mass is 9.89. The summed E-state index contributed by atoms with van der Waals surface area (Å²) in [4.78, 5) is 113. The van der Waals surface area contributed by atoms with Gasteiger partial charge in [-0.05, 0) is 79.5 Å². The number of benzene rings is 2. The number of primary amides is 1. The van der Waals surface area contributed by atoms with Gasteiger partial charge in [-0.15, -0.1) is 0 Å². The topological polar surface area (TPSA) is 280 Å². The normalized spacial score (nSPS) is 17.6. The van der Waals surface area contributed by atoms with E-state index < -0.39 is 102 Å². The van der Waals surface area contributed by atoms with Crippen LogP contribution in [0, 0.1) is 35.5 Å². The van der Waals surface area contributed by atoms with Crippen molar-refractivity contribution < 1.29 is 57.7 Å². The lowest BCUT2D eigenvalue weighted by molar-refractivity contribution is -0.148. The van der Waals surface area contributed by atoms with E-state index in [1.54, 1.807) is 87.9 Å². The number of methoxy groups -OCH3 is 2. The number of likely N-dealkylation sites (N-methyl/N-ethyl adjacent to an activating group) is 2. The van der Waals surface area contributed by atoms with Crippen LogP contribution in [0.4, 0.5) is 15.3 Å². The molecule has 1 unspecified atom stereocenters. The van der Waals surface area contributed by atoms with E-state index in [9.17, 15) is 43.5 Å². The van der Waals surface area contributed by atoms with Gasteiger partial charge in [0.2, 0.25) is 35.4 Å². The van der Waals surface area contributed by atoms with Crippen molar-refractivity contribution in [2.24, 2.45) is 41.2 Å². The molecule has 21 heteroatoms. The van der Waals surface area contributed by atoms with Gasteiger partial charge in [-0.3, -0.25) is 33.7 Å². The first-order chi connectivity index (χ1) is 37.7. The fourth-order valence-corrected chi connectivity index (χ4v) is 10.2. The number of aliphatic hydroxyl groups is 1. The second-order valence-corrected chi connectivity index (χ2v) is 22.5. The zero-order valence-corrected chi connectivity index (χ0v) is 50.1. The minimum atomic E-state index is -1.04. The molecule has 1 saturated heterocycles. The number of ether oxygens (including phenoxy) is 3. The Morgan fingerprint density at radius 2 is 1.38 bits per heavy atom. The Morgan fingerprint density at radius 3 is 1.93 bits per heavy atom. The zero-order valence-electron chi connectivity index (χ0n) is 50.1. The van der Waals surface area contributed by atoms with Crippen LogP contribution in [-0.4, -0.2) is 157 Å². The highest BCUT2D eigenvalue weighted by molar-refractivity contribution is 5.97. The van der Waals surface area contributed by atoms with E-state index in [2.05, 4.69) is 26.6 Å². The predicted molar refractivity (Wildman–Crippen MR) is 306 cm³/mol. The molecule has 0 aliphatic carbocycles. The number of carbonyl (C=O) groups is 8. The fourth-order valence-electron chi connectivity index (χ4n) is 10.2. The molecule has 1 heterocycles. The predicted octanol–water partition coefficient (Wildman–Crippen LogP) is 5.74. The molecule has 2 aromatic carbocycles. The molecule has 0 radical (unpaired) electrons. The van der Waals surface area contributed by atoms with Crippen LogP contribution in [0.5, 0.6) is 0 Å². The molecule has 3 rings (SSSR count). The highest BCUT2D eigenvalue weighted by Gasteiger charge is 2.44. The molecular formula is C59H95N9O12. The van der Waals surface area contributed by atoms with Crippen molar-refractivity contribution >= 4 is 53.3 Å². The first kappa shape index (κ1) is 68.0. The zero-order chi connectivity index (χ0) is 60.1. The van der Waals surface area contributed by atoms with E-state index >= 15 is 0 Å². The molecule has 8 N–H and O–H groups in total. The van der Waals surface area contributed by atoms with E-state index in [4.69, 9.17) is 19.9 Å². The molecule has 1 fully saturated rings. The Balaban J connectivity index is 1.70. The number of nitrogens with one attached hydrogen (secondary N) is 5. The number of urea groups is 1. The first-order valence-electron chi connectivity index (χ1n) is 28.3. The summed E-state index contributed by atoms with van der Waals surface area (Å²) in [5.41, 5.74) is 6.87. The molecular weight excluding hydrogens is 1030 g/mol. The maximum Gasteiger partial charge on any atom is 0.410 e. The van der Waals surface area contributed by atoms with Crippen molar-refractivity contribution in [3.63, 3.8) is 0 Å². The number of aliphatic hydroxyl groups excluding tert-OH is 1. The Hall–Kier alpha value is -6.32. The molecule has 80 heavy (non-hydrogen) atoms. The van der Waals surface area contributed by atoms with Crippen LogP contribution >= 0.6 is 0 Å². The fraction of sp³-hybridized carbons (Fsp3) is 0.661. The number of amides is 9. The molecule has 1 aliphatic rings. The van der Waals surface area contributed by atoms with Crippen LogP contribution in [0.1, 0.15) is 132 Å². The van der Waals surface area contributed by atoms with Crippen LogP contribution in [0.2, 0.25) is 0 Å². The van der Waals surface area contributed by atoms with Gasteiger partial charge >= 0.3 is 12.1 Å². The lowest BCUT2D eigenvalue weighted by Crippen LogP contribution is -2.60. The number of nitrogens with zero attached hydrogens (tertiary/aromatic N) is 3. The average Bonchev–Trinajstić information content (AvgIpc) is 3.91. The number of rotatable bonds is 31. The van der Waals surface area contributed by atoms with Gasteiger partial charge in [0.25, 0.3) is 0 Å². The van der Waals surface area contributed by atoms with E-state index in [1.807, 2.05) is 59.7 Å². The standard InChI is InChI=1S/C59H95N9O12/c1-16-37(8)50(46(78-14)32-47(69)68-31-21-25-45(68)52(79-15)39(10)54(72)62-40(11)51(70)42-22-18-17-19-23-42)66(12)57(75)48(35(4)5)65-56(74)49(36(6)7)67(13)59(77)80-33-41-26-28-43(29-27-41)63-55(73)44(24-20-30-61-58(60)76)64-53(71)38(9)34(2)3/h17-19,22-23,26-29,34-40,44-46,48-52,70H,16,20-21,24-25,30-33H2,1-15H3,(H,62,72)(H,63,73)(H,64,71)(H,65,74)(H3,60,61,76)/t37-,38-,39+,40+,44-,45-,46+,48+,49-,50?,51+,52+/m1/s1. The van der Waals surface area contributed by atoms with Gasteiger partial charge < -0.3 is 61.4 Å². The second kappa shape index (κ2) is 32.8. The summed E-state index contributed by atoms with van der Waals surface area (Å²) in [6.07, 6.45) is -0.609.